The minimum absolute atomic E-state index is 0.379. The first-order valence-electron chi connectivity index (χ1n) is 8.21. The van der Waals surface area contributed by atoms with E-state index in [1.165, 1.54) is 0 Å². The number of hydrogen-bond acceptors (Lipinski definition) is 5. The van der Waals surface area contributed by atoms with Crippen molar-refractivity contribution < 1.29 is 5.11 Å². The standard InChI is InChI=1S/C18H23N5O/c1-12(2)10-13(24)11-20-16-8-4-7-15(21-16)17-14-6-5-9-19-18(14)23(3)22-17/h4-9,12-13,24H,10-11H2,1-3H3,(H,20,21). The quantitative estimate of drug-likeness (QED) is 0.729. The summed E-state index contributed by atoms with van der Waals surface area (Å²) in [6.07, 6.45) is 2.15. The van der Waals surface area contributed by atoms with Crippen LogP contribution in [-0.2, 0) is 7.05 Å². The average Bonchev–Trinajstić information content (AvgIpc) is 2.90. The second-order valence-electron chi connectivity index (χ2n) is 6.42. The van der Waals surface area contributed by atoms with E-state index in [0.29, 0.717) is 12.5 Å². The second kappa shape index (κ2) is 6.97. The maximum Gasteiger partial charge on any atom is 0.158 e. The maximum absolute atomic E-state index is 10.00. The van der Waals surface area contributed by atoms with E-state index in [0.717, 1.165) is 34.7 Å². The van der Waals surface area contributed by atoms with E-state index in [-0.39, 0.29) is 6.10 Å². The molecular weight excluding hydrogens is 302 g/mol. The van der Waals surface area contributed by atoms with Gasteiger partial charge in [-0.25, -0.2) is 14.6 Å². The molecule has 2 N–H and O–H groups in total. The van der Waals surface area contributed by atoms with E-state index in [2.05, 4.69) is 34.2 Å². The van der Waals surface area contributed by atoms with Crippen molar-refractivity contribution in [1.29, 1.82) is 0 Å². The Kier molecular flexibility index (Phi) is 4.76. The Morgan fingerprint density at radius 1 is 1.21 bits per heavy atom. The molecule has 3 heterocycles. The van der Waals surface area contributed by atoms with E-state index in [1.807, 2.05) is 37.4 Å². The van der Waals surface area contributed by atoms with E-state index >= 15 is 0 Å². The Bertz CT molecular complexity index is 827. The molecule has 126 valence electrons. The summed E-state index contributed by atoms with van der Waals surface area (Å²) in [5.41, 5.74) is 2.43. The first-order valence-corrected chi connectivity index (χ1v) is 8.21. The Labute approximate surface area is 141 Å². The molecule has 0 saturated heterocycles. The second-order valence-corrected chi connectivity index (χ2v) is 6.42. The molecule has 0 fully saturated rings. The molecule has 0 aromatic carbocycles. The van der Waals surface area contributed by atoms with Crippen molar-refractivity contribution in [2.45, 2.75) is 26.4 Å². The largest absolute Gasteiger partial charge is 0.391 e. The molecule has 6 heteroatoms. The topological polar surface area (TPSA) is 75.9 Å². The fourth-order valence-corrected chi connectivity index (χ4v) is 2.80. The van der Waals surface area contributed by atoms with Gasteiger partial charge in [-0.05, 0) is 36.6 Å². The molecule has 0 bridgehead atoms. The van der Waals surface area contributed by atoms with Crippen molar-refractivity contribution in [3.63, 3.8) is 0 Å². The van der Waals surface area contributed by atoms with E-state index in [9.17, 15) is 5.11 Å². The lowest BCUT2D eigenvalue weighted by molar-refractivity contribution is 0.161. The zero-order chi connectivity index (χ0) is 17.1. The van der Waals surface area contributed by atoms with Crippen LogP contribution in [0.25, 0.3) is 22.4 Å². The molecule has 24 heavy (non-hydrogen) atoms. The minimum Gasteiger partial charge on any atom is -0.391 e. The molecule has 0 aliphatic heterocycles. The molecule has 6 nitrogen and oxygen atoms in total. The third kappa shape index (κ3) is 3.54. The number of aromatic nitrogens is 4. The number of nitrogens with zero attached hydrogens (tertiary/aromatic N) is 4. The monoisotopic (exact) mass is 325 g/mol. The highest BCUT2D eigenvalue weighted by atomic mass is 16.3. The van der Waals surface area contributed by atoms with Gasteiger partial charge in [0.05, 0.1) is 11.8 Å². The van der Waals surface area contributed by atoms with Crippen LogP contribution in [0.1, 0.15) is 20.3 Å². The molecule has 3 rings (SSSR count). The first-order chi connectivity index (χ1) is 11.5. The predicted molar refractivity (Wildman–Crippen MR) is 95.7 cm³/mol. The van der Waals surface area contributed by atoms with Crippen molar-refractivity contribution in [2.75, 3.05) is 11.9 Å². The third-order valence-electron chi connectivity index (χ3n) is 3.85. The highest BCUT2D eigenvalue weighted by Gasteiger charge is 2.13. The van der Waals surface area contributed by atoms with Crippen molar-refractivity contribution in [1.82, 2.24) is 19.7 Å². The number of anilines is 1. The Morgan fingerprint density at radius 3 is 2.83 bits per heavy atom. The van der Waals surface area contributed by atoms with E-state index < -0.39 is 0 Å². The lowest BCUT2D eigenvalue weighted by Gasteiger charge is -2.14. The molecule has 1 unspecified atom stereocenters. The van der Waals surface area contributed by atoms with Crippen LogP contribution in [0.5, 0.6) is 0 Å². The summed E-state index contributed by atoms with van der Waals surface area (Å²) in [6.45, 7) is 4.68. The van der Waals surface area contributed by atoms with Crippen molar-refractivity contribution in [3.05, 3.63) is 36.5 Å². The number of nitrogens with one attached hydrogen (secondary N) is 1. The van der Waals surface area contributed by atoms with Crippen LogP contribution in [0.15, 0.2) is 36.5 Å². The van der Waals surface area contributed by atoms with Crippen LogP contribution in [0, 0.1) is 5.92 Å². The third-order valence-corrected chi connectivity index (χ3v) is 3.85. The summed E-state index contributed by atoms with van der Waals surface area (Å²) >= 11 is 0. The lowest BCUT2D eigenvalue weighted by atomic mass is 10.1. The smallest absolute Gasteiger partial charge is 0.158 e. The van der Waals surface area contributed by atoms with E-state index in [4.69, 9.17) is 0 Å². The summed E-state index contributed by atoms with van der Waals surface area (Å²) in [4.78, 5) is 8.99. The van der Waals surface area contributed by atoms with Gasteiger partial charge in [0.2, 0.25) is 0 Å². The van der Waals surface area contributed by atoms with Gasteiger partial charge < -0.3 is 10.4 Å². The highest BCUT2D eigenvalue weighted by Crippen LogP contribution is 2.25. The Balaban J connectivity index is 1.82. The van der Waals surface area contributed by atoms with Crippen LogP contribution >= 0.6 is 0 Å². The average molecular weight is 325 g/mol. The zero-order valence-corrected chi connectivity index (χ0v) is 14.3. The molecule has 3 aromatic heterocycles. The molecule has 0 radical (unpaired) electrons. The van der Waals surface area contributed by atoms with Gasteiger partial charge in [-0.15, -0.1) is 0 Å². The number of pyridine rings is 2. The predicted octanol–water partition coefficient (Wildman–Crippen LogP) is 2.85. The van der Waals surface area contributed by atoms with Gasteiger partial charge in [0, 0.05) is 25.2 Å². The molecular formula is C18H23N5O. The summed E-state index contributed by atoms with van der Waals surface area (Å²) in [6, 6.07) is 9.67. The van der Waals surface area contributed by atoms with Gasteiger partial charge in [0.15, 0.2) is 5.65 Å². The Morgan fingerprint density at radius 2 is 2.04 bits per heavy atom. The normalized spacial score (nSPS) is 12.7. The van der Waals surface area contributed by atoms with Crippen molar-refractivity contribution in [3.8, 4) is 11.4 Å². The van der Waals surface area contributed by atoms with Gasteiger partial charge in [0.1, 0.15) is 11.5 Å². The lowest BCUT2D eigenvalue weighted by Crippen LogP contribution is -2.21. The number of hydrogen-bond donors (Lipinski definition) is 2. The van der Waals surface area contributed by atoms with Crippen molar-refractivity contribution in [2.24, 2.45) is 13.0 Å². The minimum atomic E-state index is -0.379. The summed E-state index contributed by atoms with van der Waals surface area (Å²) in [7, 11) is 1.88. The Hall–Kier alpha value is -2.47. The number of rotatable bonds is 6. The van der Waals surface area contributed by atoms with Gasteiger partial charge in [-0.1, -0.05) is 19.9 Å². The number of aliphatic hydroxyl groups is 1. The van der Waals surface area contributed by atoms with Crippen LogP contribution in [0.4, 0.5) is 5.82 Å². The summed E-state index contributed by atoms with van der Waals surface area (Å²) in [5.74, 6) is 1.20. The summed E-state index contributed by atoms with van der Waals surface area (Å²) < 4.78 is 1.76. The SMILES string of the molecule is CC(C)CC(O)CNc1cccc(-c2nn(C)c3ncccc23)n1. The van der Waals surface area contributed by atoms with Gasteiger partial charge >= 0.3 is 0 Å². The first kappa shape index (κ1) is 16.4. The number of fused-ring (bicyclic) bond motifs is 1. The molecule has 0 saturated carbocycles. The molecule has 0 spiro atoms. The summed E-state index contributed by atoms with van der Waals surface area (Å²) in [5, 5.41) is 18.7. The van der Waals surface area contributed by atoms with Crippen LogP contribution in [-0.4, -0.2) is 37.5 Å². The zero-order valence-electron chi connectivity index (χ0n) is 14.3. The molecule has 1 atom stereocenters. The molecule has 0 aliphatic carbocycles. The van der Waals surface area contributed by atoms with Gasteiger partial charge in [-0.3, -0.25) is 0 Å². The van der Waals surface area contributed by atoms with E-state index in [1.54, 1.807) is 10.9 Å². The molecule has 0 aliphatic rings. The number of aryl methyl sites for hydroxylation is 1. The molecule has 3 aromatic rings. The van der Waals surface area contributed by atoms with Crippen molar-refractivity contribution >= 4 is 16.9 Å². The highest BCUT2D eigenvalue weighted by molar-refractivity contribution is 5.90. The van der Waals surface area contributed by atoms with Gasteiger partial charge in [0.25, 0.3) is 0 Å². The molecule has 0 amide bonds. The number of aliphatic hydroxyl groups excluding tert-OH is 1. The van der Waals surface area contributed by atoms with Crippen LogP contribution < -0.4 is 5.32 Å². The maximum atomic E-state index is 10.00. The van der Waals surface area contributed by atoms with Gasteiger partial charge in [-0.2, -0.15) is 5.10 Å². The fraction of sp³-hybridized carbons (Fsp3) is 0.389. The fourth-order valence-electron chi connectivity index (χ4n) is 2.80. The van der Waals surface area contributed by atoms with Crippen LogP contribution in [0.3, 0.4) is 0 Å². The van der Waals surface area contributed by atoms with Crippen LogP contribution in [0.2, 0.25) is 0 Å².